The first-order chi connectivity index (χ1) is 14.4. The van der Waals surface area contributed by atoms with E-state index in [-0.39, 0.29) is 13.0 Å². The van der Waals surface area contributed by atoms with E-state index >= 15 is 0 Å². The minimum absolute atomic E-state index is 0.00508. The van der Waals surface area contributed by atoms with Crippen LogP contribution in [0.25, 0.3) is 0 Å². The topological polar surface area (TPSA) is 134 Å². The Morgan fingerprint density at radius 2 is 1.67 bits per heavy atom. The molecule has 0 bridgehead atoms. The van der Waals surface area contributed by atoms with Crippen LogP contribution in [0.2, 0.25) is 0 Å². The van der Waals surface area contributed by atoms with Crippen LogP contribution in [0.3, 0.4) is 0 Å². The third-order valence-electron chi connectivity index (χ3n) is 4.19. The molecule has 0 unspecified atom stereocenters. The molecule has 2 atom stereocenters. The van der Waals surface area contributed by atoms with E-state index in [2.05, 4.69) is 10.6 Å². The lowest BCUT2D eigenvalue weighted by atomic mass is 10.1. The van der Waals surface area contributed by atoms with E-state index in [0.29, 0.717) is 11.3 Å². The highest BCUT2D eigenvalue weighted by molar-refractivity contribution is 5.89. The number of nitrogens with one attached hydrogen (secondary N) is 2. The molecule has 0 spiro atoms. The Labute approximate surface area is 173 Å². The van der Waals surface area contributed by atoms with Gasteiger partial charge in [0.25, 0.3) is 0 Å². The molecule has 160 valence electrons. The molecule has 2 rings (SSSR count). The minimum Gasteiger partial charge on any atom is -0.497 e. The molecule has 0 fully saturated rings. The molecule has 0 saturated heterocycles. The van der Waals surface area contributed by atoms with Crippen LogP contribution in [0.4, 0.5) is 4.79 Å². The number of hydrogen-bond acceptors (Lipinski definition) is 6. The SMILES string of the molecule is COc1cccc(C[C@@H](NC(=O)[C@H](CO)NC(=O)OCc2ccccc2)C(=O)O)c1. The van der Waals surface area contributed by atoms with Gasteiger partial charge < -0.3 is 30.3 Å². The van der Waals surface area contributed by atoms with Crippen molar-refractivity contribution in [1.82, 2.24) is 10.6 Å². The van der Waals surface area contributed by atoms with Gasteiger partial charge in [0.2, 0.25) is 5.91 Å². The summed E-state index contributed by atoms with van der Waals surface area (Å²) in [5, 5.41) is 23.4. The van der Waals surface area contributed by atoms with Gasteiger partial charge in [-0.05, 0) is 23.3 Å². The van der Waals surface area contributed by atoms with Crippen molar-refractivity contribution in [3.05, 3.63) is 65.7 Å². The number of alkyl carbamates (subject to hydrolysis) is 1. The summed E-state index contributed by atoms with van der Waals surface area (Å²) in [7, 11) is 1.49. The standard InChI is InChI=1S/C21H24N2O7/c1-29-16-9-5-8-15(10-16)11-17(20(26)27)22-19(25)18(12-24)23-21(28)30-13-14-6-3-2-4-7-14/h2-10,17-18,24H,11-13H2,1H3,(H,22,25)(H,23,28)(H,26,27)/t17-,18+/m1/s1. The van der Waals surface area contributed by atoms with Gasteiger partial charge in [-0.1, -0.05) is 42.5 Å². The first-order valence-electron chi connectivity index (χ1n) is 9.17. The number of carbonyl (C=O) groups excluding carboxylic acids is 2. The molecule has 0 aromatic heterocycles. The van der Waals surface area contributed by atoms with Crippen molar-refractivity contribution in [3.63, 3.8) is 0 Å². The maximum absolute atomic E-state index is 12.4. The van der Waals surface area contributed by atoms with Crippen molar-refractivity contribution in [2.75, 3.05) is 13.7 Å². The molecule has 0 heterocycles. The summed E-state index contributed by atoms with van der Waals surface area (Å²) in [6.07, 6.45) is -0.915. The lowest BCUT2D eigenvalue weighted by Crippen LogP contribution is -2.53. The van der Waals surface area contributed by atoms with Crippen LogP contribution in [0, 0.1) is 0 Å². The summed E-state index contributed by atoms with van der Waals surface area (Å²) in [4.78, 5) is 35.9. The van der Waals surface area contributed by atoms with Crippen molar-refractivity contribution < 1.29 is 34.1 Å². The maximum atomic E-state index is 12.4. The quantitative estimate of drug-likeness (QED) is 0.455. The minimum atomic E-state index is -1.36. The van der Waals surface area contributed by atoms with Gasteiger partial charge >= 0.3 is 12.1 Å². The second-order valence-electron chi connectivity index (χ2n) is 6.40. The summed E-state index contributed by atoms with van der Waals surface area (Å²) >= 11 is 0. The monoisotopic (exact) mass is 416 g/mol. The third kappa shape index (κ3) is 7.10. The second-order valence-corrected chi connectivity index (χ2v) is 6.40. The van der Waals surface area contributed by atoms with E-state index in [1.807, 2.05) is 6.07 Å². The van der Waals surface area contributed by atoms with E-state index in [1.165, 1.54) is 7.11 Å². The number of hydrogen-bond donors (Lipinski definition) is 4. The smallest absolute Gasteiger partial charge is 0.408 e. The molecule has 0 saturated carbocycles. The maximum Gasteiger partial charge on any atom is 0.408 e. The molecular weight excluding hydrogens is 392 g/mol. The van der Waals surface area contributed by atoms with Crippen molar-refractivity contribution in [2.45, 2.75) is 25.1 Å². The summed E-state index contributed by atoms with van der Waals surface area (Å²) in [6.45, 7) is -0.738. The van der Waals surface area contributed by atoms with Crippen molar-refractivity contribution in [2.24, 2.45) is 0 Å². The predicted octanol–water partition coefficient (Wildman–Crippen LogP) is 1.09. The molecule has 0 aliphatic carbocycles. The first kappa shape index (κ1) is 22.7. The zero-order valence-corrected chi connectivity index (χ0v) is 16.4. The van der Waals surface area contributed by atoms with Crippen LogP contribution in [0.5, 0.6) is 5.75 Å². The number of aliphatic hydroxyl groups is 1. The highest BCUT2D eigenvalue weighted by atomic mass is 16.5. The lowest BCUT2D eigenvalue weighted by molar-refractivity contribution is -0.142. The molecular formula is C21H24N2O7. The number of rotatable bonds is 10. The van der Waals surface area contributed by atoms with Crippen LogP contribution < -0.4 is 15.4 Å². The van der Waals surface area contributed by atoms with Crippen LogP contribution in [-0.4, -0.2) is 54.0 Å². The Morgan fingerprint density at radius 3 is 2.30 bits per heavy atom. The molecule has 0 aliphatic heterocycles. The van der Waals surface area contributed by atoms with Gasteiger partial charge in [0.15, 0.2) is 0 Å². The highest BCUT2D eigenvalue weighted by Gasteiger charge is 2.27. The Morgan fingerprint density at radius 1 is 0.967 bits per heavy atom. The van der Waals surface area contributed by atoms with Crippen molar-refractivity contribution in [1.29, 1.82) is 0 Å². The fourth-order valence-electron chi connectivity index (χ4n) is 2.61. The molecule has 30 heavy (non-hydrogen) atoms. The van der Waals surface area contributed by atoms with Gasteiger partial charge in [-0.2, -0.15) is 0 Å². The number of aliphatic carboxylic acids is 1. The van der Waals surface area contributed by atoms with Gasteiger partial charge in [0, 0.05) is 6.42 Å². The molecule has 2 aromatic carbocycles. The lowest BCUT2D eigenvalue weighted by Gasteiger charge is -2.20. The van der Waals surface area contributed by atoms with E-state index in [9.17, 15) is 24.6 Å². The van der Waals surface area contributed by atoms with E-state index in [1.54, 1.807) is 48.5 Å². The Balaban J connectivity index is 1.93. The Hall–Kier alpha value is -3.59. The fourth-order valence-corrected chi connectivity index (χ4v) is 2.61. The average molecular weight is 416 g/mol. The van der Waals surface area contributed by atoms with Crippen LogP contribution in [-0.2, 0) is 27.4 Å². The summed E-state index contributed by atoms with van der Waals surface area (Å²) < 4.78 is 10.1. The van der Waals surface area contributed by atoms with Gasteiger partial charge in [-0.3, -0.25) is 4.79 Å². The summed E-state index contributed by atoms with van der Waals surface area (Å²) in [6, 6.07) is 13.1. The molecule has 2 aromatic rings. The van der Waals surface area contributed by atoms with E-state index < -0.39 is 36.7 Å². The van der Waals surface area contributed by atoms with Gasteiger partial charge in [0.05, 0.1) is 13.7 Å². The number of carboxylic acid groups (broad SMARTS) is 1. The zero-order valence-electron chi connectivity index (χ0n) is 16.4. The number of benzene rings is 2. The largest absolute Gasteiger partial charge is 0.497 e. The average Bonchev–Trinajstić information content (AvgIpc) is 2.76. The number of methoxy groups -OCH3 is 1. The van der Waals surface area contributed by atoms with E-state index in [0.717, 1.165) is 5.56 Å². The molecule has 0 aliphatic rings. The normalized spacial score (nSPS) is 12.3. The van der Waals surface area contributed by atoms with Crippen LogP contribution >= 0.6 is 0 Å². The van der Waals surface area contributed by atoms with E-state index in [4.69, 9.17) is 9.47 Å². The fraction of sp³-hybridized carbons (Fsp3) is 0.286. The summed E-state index contributed by atoms with van der Waals surface area (Å²) in [5.74, 6) is -1.54. The molecule has 0 radical (unpaired) electrons. The van der Waals surface area contributed by atoms with Crippen molar-refractivity contribution in [3.8, 4) is 5.75 Å². The number of ether oxygens (including phenoxy) is 2. The number of carboxylic acids is 1. The van der Waals surface area contributed by atoms with Crippen molar-refractivity contribution >= 4 is 18.0 Å². The third-order valence-corrected chi connectivity index (χ3v) is 4.19. The predicted molar refractivity (Wildman–Crippen MR) is 107 cm³/mol. The van der Waals surface area contributed by atoms with Gasteiger partial charge in [-0.25, -0.2) is 9.59 Å². The Bertz CT molecular complexity index is 857. The Kier molecular flexibility index (Phi) is 8.64. The molecule has 9 nitrogen and oxygen atoms in total. The van der Waals surface area contributed by atoms with Gasteiger partial charge in [0.1, 0.15) is 24.4 Å². The number of amides is 2. The molecule has 2 amide bonds. The number of aliphatic hydroxyl groups excluding tert-OH is 1. The molecule has 9 heteroatoms. The summed E-state index contributed by atoms with van der Waals surface area (Å²) in [5.41, 5.74) is 1.39. The van der Waals surface area contributed by atoms with Crippen LogP contribution in [0.15, 0.2) is 54.6 Å². The first-order valence-corrected chi connectivity index (χ1v) is 9.17. The van der Waals surface area contributed by atoms with Gasteiger partial charge in [-0.15, -0.1) is 0 Å². The number of carbonyl (C=O) groups is 3. The zero-order chi connectivity index (χ0) is 21.9. The molecule has 4 N–H and O–H groups in total. The second kappa shape index (κ2) is 11.4. The van der Waals surface area contributed by atoms with Crippen LogP contribution in [0.1, 0.15) is 11.1 Å². The highest BCUT2D eigenvalue weighted by Crippen LogP contribution is 2.14.